The summed E-state index contributed by atoms with van der Waals surface area (Å²) in [5.41, 5.74) is 0. The molecule has 80 valence electrons. The van der Waals surface area contributed by atoms with Gasteiger partial charge in [-0.1, -0.05) is 0 Å². The molecule has 0 aromatic heterocycles. The number of carbonyl (C=O) groups is 1. The number of amidine groups is 1. The predicted molar refractivity (Wildman–Crippen MR) is 53.4 cm³/mol. The van der Waals surface area contributed by atoms with Crippen LogP contribution >= 0.6 is 0 Å². The van der Waals surface area contributed by atoms with Gasteiger partial charge in [0.2, 0.25) is 5.91 Å². The maximum atomic E-state index is 11.3. The Bertz CT molecular complexity index is 218. The third kappa shape index (κ3) is 3.33. The van der Waals surface area contributed by atoms with Crippen molar-refractivity contribution in [2.24, 2.45) is 0 Å². The third-order valence-corrected chi connectivity index (χ3v) is 2.19. The van der Waals surface area contributed by atoms with Crippen molar-refractivity contribution in [3.63, 3.8) is 0 Å². The van der Waals surface area contributed by atoms with Crippen molar-refractivity contribution in [2.75, 3.05) is 33.4 Å². The number of likely N-dealkylation sites (tertiary alicyclic amines) is 1. The maximum absolute atomic E-state index is 11.3. The first-order valence-electron chi connectivity index (χ1n) is 4.82. The second-order valence-corrected chi connectivity index (χ2v) is 3.31. The quantitative estimate of drug-likeness (QED) is 0.604. The van der Waals surface area contributed by atoms with E-state index < -0.39 is 0 Å². The van der Waals surface area contributed by atoms with E-state index >= 15 is 0 Å². The molecular formula is C9H17N3O2. The Kier molecular flexibility index (Phi) is 4.39. The number of rotatable bonds is 5. The molecule has 0 aromatic rings. The molecule has 1 amide bonds. The Morgan fingerprint density at radius 1 is 1.71 bits per heavy atom. The molecule has 0 spiro atoms. The van der Waals surface area contributed by atoms with Crippen LogP contribution in [0.4, 0.5) is 0 Å². The normalized spacial score (nSPS) is 16.1. The second kappa shape index (κ2) is 5.59. The average molecular weight is 199 g/mol. The molecule has 1 rings (SSSR count). The highest BCUT2D eigenvalue weighted by Gasteiger charge is 2.18. The van der Waals surface area contributed by atoms with Gasteiger partial charge in [-0.3, -0.25) is 10.2 Å². The molecule has 5 nitrogen and oxygen atoms in total. The number of amides is 1. The van der Waals surface area contributed by atoms with Crippen molar-refractivity contribution in [1.82, 2.24) is 10.2 Å². The van der Waals surface area contributed by atoms with Crippen LogP contribution in [0.3, 0.4) is 0 Å². The van der Waals surface area contributed by atoms with Crippen molar-refractivity contribution in [3.05, 3.63) is 0 Å². The topological polar surface area (TPSA) is 65.4 Å². The Labute approximate surface area is 83.9 Å². The van der Waals surface area contributed by atoms with Crippen LogP contribution < -0.4 is 5.32 Å². The summed E-state index contributed by atoms with van der Waals surface area (Å²) < 4.78 is 4.81. The Hall–Kier alpha value is -1.10. The van der Waals surface area contributed by atoms with Crippen LogP contribution in [0.5, 0.6) is 0 Å². The van der Waals surface area contributed by atoms with Gasteiger partial charge in [0.1, 0.15) is 0 Å². The number of nitrogens with zero attached hydrogens (tertiary/aromatic N) is 1. The molecule has 0 saturated carbocycles. The molecule has 1 heterocycles. The molecule has 0 aromatic carbocycles. The molecule has 0 bridgehead atoms. The molecule has 1 aliphatic heterocycles. The minimum atomic E-state index is -0.0336. The number of nitrogens with one attached hydrogen (secondary N) is 2. The van der Waals surface area contributed by atoms with Crippen LogP contribution in [0.2, 0.25) is 0 Å². The van der Waals surface area contributed by atoms with Crippen LogP contribution in [-0.4, -0.2) is 50.0 Å². The lowest BCUT2D eigenvalue weighted by Gasteiger charge is -2.16. The summed E-state index contributed by atoms with van der Waals surface area (Å²) in [5, 5.41) is 10.3. The van der Waals surface area contributed by atoms with E-state index in [2.05, 4.69) is 5.32 Å². The lowest BCUT2D eigenvalue weighted by Crippen LogP contribution is -2.38. The van der Waals surface area contributed by atoms with Gasteiger partial charge in [-0.15, -0.1) is 0 Å². The highest BCUT2D eigenvalue weighted by Crippen LogP contribution is 2.08. The monoisotopic (exact) mass is 199 g/mol. The molecule has 1 saturated heterocycles. The van der Waals surface area contributed by atoms with Crippen LogP contribution in [0.1, 0.15) is 12.8 Å². The van der Waals surface area contributed by atoms with E-state index in [0.29, 0.717) is 25.5 Å². The van der Waals surface area contributed by atoms with Crippen LogP contribution in [0.25, 0.3) is 0 Å². The van der Waals surface area contributed by atoms with Crippen molar-refractivity contribution in [2.45, 2.75) is 12.8 Å². The highest BCUT2D eigenvalue weighted by atomic mass is 16.5. The molecule has 2 N–H and O–H groups in total. The fourth-order valence-corrected chi connectivity index (χ4v) is 1.43. The highest BCUT2D eigenvalue weighted by molar-refractivity contribution is 5.87. The van der Waals surface area contributed by atoms with Crippen molar-refractivity contribution in [1.29, 1.82) is 5.41 Å². The number of hydrogen-bond acceptors (Lipinski definition) is 3. The Morgan fingerprint density at radius 3 is 3.07 bits per heavy atom. The molecular weight excluding hydrogens is 182 g/mol. The summed E-state index contributed by atoms with van der Waals surface area (Å²) in [4.78, 5) is 13.1. The zero-order valence-corrected chi connectivity index (χ0v) is 8.51. The van der Waals surface area contributed by atoms with E-state index in [4.69, 9.17) is 10.1 Å². The summed E-state index contributed by atoms with van der Waals surface area (Å²) in [6.07, 6.45) is 1.79. The summed E-state index contributed by atoms with van der Waals surface area (Å²) in [6, 6.07) is 0. The minimum Gasteiger partial charge on any atom is -0.383 e. The largest absolute Gasteiger partial charge is 0.383 e. The maximum Gasteiger partial charge on any atom is 0.239 e. The average Bonchev–Trinajstić information content (AvgIpc) is 2.52. The summed E-state index contributed by atoms with van der Waals surface area (Å²) >= 11 is 0. The van der Waals surface area contributed by atoms with Gasteiger partial charge >= 0.3 is 0 Å². The molecule has 0 atom stereocenters. The fraction of sp³-hybridized carbons (Fsp3) is 0.778. The Morgan fingerprint density at radius 2 is 2.50 bits per heavy atom. The van der Waals surface area contributed by atoms with Crippen molar-refractivity contribution in [3.8, 4) is 0 Å². The van der Waals surface area contributed by atoms with E-state index in [0.717, 1.165) is 19.4 Å². The number of ether oxygens (including phenoxy) is 1. The SMILES string of the molecule is COCCNC(=O)CN1CCCC1=N. The van der Waals surface area contributed by atoms with E-state index in [-0.39, 0.29) is 5.91 Å². The Balaban J connectivity index is 2.16. The van der Waals surface area contributed by atoms with Gasteiger partial charge in [-0.05, 0) is 6.42 Å². The van der Waals surface area contributed by atoms with E-state index in [1.54, 1.807) is 7.11 Å². The van der Waals surface area contributed by atoms with E-state index in [1.807, 2.05) is 4.90 Å². The minimum absolute atomic E-state index is 0.0336. The second-order valence-electron chi connectivity index (χ2n) is 3.31. The molecule has 1 fully saturated rings. The predicted octanol–water partition coefficient (Wildman–Crippen LogP) is -0.178. The van der Waals surface area contributed by atoms with E-state index in [9.17, 15) is 4.79 Å². The van der Waals surface area contributed by atoms with Gasteiger partial charge in [0, 0.05) is 26.6 Å². The van der Waals surface area contributed by atoms with Crippen LogP contribution in [-0.2, 0) is 9.53 Å². The van der Waals surface area contributed by atoms with Crippen LogP contribution in [0.15, 0.2) is 0 Å². The lowest BCUT2D eigenvalue weighted by atomic mass is 10.4. The smallest absolute Gasteiger partial charge is 0.239 e. The standard InChI is InChI=1S/C9H17N3O2/c1-14-6-4-11-9(13)7-12-5-2-3-8(12)10/h10H,2-7H2,1H3,(H,11,13). The first kappa shape index (κ1) is 11.0. The number of carbonyl (C=O) groups excluding carboxylic acids is 1. The first-order valence-corrected chi connectivity index (χ1v) is 4.82. The fourth-order valence-electron chi connectivity index (χ4n) is 1.43. The number of hydrogen-bond donors (Lipinski definition) is 2. The van der Waals surface area contributed by atoms with Crippen LogP contribution in [0, 0.1) is 5.41 Å². The molecule has 0 unspecified atom stereocenters. The first-order chi connectivity index (χ1) is 6.74. The molecule has 14 heavy (non-hydrogen) atoms. The molecule has 0 radical (unpaired) electrons. The third-order valence-electron chi connectivity index (χ3n) is 2.19. The lowest BCUT2D eigenvalue weighted by molar-refractivity contribution is -0.121. The van der Waals surface area contributed by atoms with Crippen molar-refractivity contribution >= 4 is 11.7 Å². The molecule has 1 aliphatic rings. The molecule has 0 aliphatic carbocycles. The van der Waals surface area contributed by atoms with Gasteiger partial charge in [-0.25, -0.2) is 0 Å². The van der Waals surface area contributed by atoms with Gasteiger partial charge in [0.05, 0.1) is 19.0 Å². The molecule has 5 heteroatoms. The summed E-state index contributed by atoms with van der Waals surface area (Å²) in [7, 11) is 1.60. The van der Waals surface area contributed by atoms with Gasteiger partial charge < -0.3 is 15.0 Å². The van der Waals surface area contributed by atoms with Gasteiger partial charge in [0.15, 0.2) is 0 Å². The van der Waals surface area contributed by atoms with Crippen molar-refractivity contribution < 1.29 is 9.53 Å². The van der Waals surface area contributed by atoms with Gasteiger partial charge in [-0.2, -0.15) is 0 Å². The zero-order chi connectivity index (χ0) is 10.4. The van der Waals surface area contributed by atoms with E-state index in [1.165, 1.54) is 0 Å². The van der Waals surface area contributed by atoms with Gasteiger partial charge in [0.25, 0.3) is 0 Å². The number of methoxy groups -OCH3 is 1. The zero-order valence-electron chi connectivity index (χ0n) is 8.51. The summed E-state index contributed by atoms with van der Waals surface area (Å²) in [5.74, 6) is 0.542. The summed E-state index contributed by atoms with van der Waals surface area (Å²) in [6.45, 7) is 2.21.